The van der Waals surface area contributed by atoms with Gasteiger partial charge in [-0.05, 0) is 59.6 Å². The summed E-state index contributed by atoms with van der Waals surface area (Å²) in [5.41, 5.74) is 2.70. The Hall–Kier alpha value is -0.850. The summed E-state index contributed by atoms with van der Waals surface area (Å²) in [6.45, 7) is 3.89. The summed E-state index contributed by atoms with van der Waals surface area (Å²) in [7, 11) is -2.05. The molecule has 0 saturated carbocycles. The molecule has 0 amide bonds. The van der Waals surface area contributed by atoms with E-state index in [-0.39, 0.29) is 4.90 Å². The van der Waals surface area contributed by atoms with Crippen LogP contribution in [-0.2, 0) is 10.0 Å². The lowest BCUT2D eigenvalue weighted by molar-refractivity contribution is 0.593. The van der Waals surface area contributed by atoms with E-state index < -0.39 is 10.0 Å². The summed E-state index contributed by atoms with van der Waals surface area (Å²) >= 11 is 6.62. The third kappa shape index (κ3) is 3.33. The number of sulfonamides is 1. The molecular weight excluding hydrogens is 418 g/mol. The fourth-order valence-electron chi connectivity index (χ4n) is 2.11. The molecule has 0 spiro atoms. The Balaban J connectivity index is 2.55. The number of hydrogen-bond acceptors (Lipinski definition) is 2. The zero-order valence-electron chi connectivity index (χ0n) is 11.9. The van der Waals surface area contributed by atoms with E-state index in [0.29, 0.717) is 10.2 Å². The average molecular weight is 433 g/mol. The van der Waals surface area contributed by atoms with Gasteiger partial charge in [0.2, 0.25) is 0 Å². The number of halogens is 2. The van der Waals surface area contributed by atoms with Gasteiger partial charge in [-0.2, -0.15) is 0 Å². The van der Waals surface area contributed by atoms with Crippen LogP contribution in [0.3, 0.4) is 0 Å². The highest BCUT2D eigenvalue weighted by molar-refractivity contribution is 9.11. The van der Waals surface area contributed by atoms with E-state index in [0.717, 1.165) is 15.6 Å². The quantitative estimate of drug-likeness (QED) is 0.707. The lowest BCUT2D eigenvalue weighted by Gasteiger charge is -2.22. The topological polar surface area (TPSA) is 37.4 Å². The minimum atomic E-state index is -3.62. The first-order valence-corrected chi connectivity index (χ1v) is 9.27. The second-order valence-electron chi connectivity index (χ2n) is 4.84. The fraction of sp³-hybridized carbons (Fsp3) is 0.200. The molecule has 0 unspecified atom stereocenters. The molecule has 0 N–H and O–H groups in total. The van der Waals surface area contributed by atoms with Gasteiger partial charge < -0.3 is 0 Å². The van der Waals surface area contributed by atoms with Crippen molar-refractivity contribution in [1.29, 1.82) is 0 Å². The Kier molecular flexibility index (Phi) is 4.80. The molecule has 0 aliphatic carbocycles. The molecule has 3 nitrogen and oxygen atoms in total. The van der Waals surface area contributed by atoms with E-state index in [4.69, 9.17) is 0 Å². The highest BCUT2D eigenvalue weighted by Crippen LogP contribution is 2.31. The molecule has 0 fully saturated rings. The van der Waals surface area contributed by atoms with Crippen LogP contribution in [0.15, 0.2) is 50.2 Å². The van der Waals surface area contributed by atoms with Gasteiger partial charge in [0.25, 0.3) is 10.0 Å². The first-order chi connectivity index (χ1) is 9.73. The van der Waals surface area contributed by atoms with Crippen LogP contribution in [0.5, 0.6) is 0 Å². The van der Waals surface area contributed by atoms with Gasteiger partial charge in [-0.25, -0.2) is 8.42 Å². The number of rotatable bonds is 3. The maximum absolute atomic E-state index is 12.8. The second kappa shape index (κ2) is 6.10. The number of aryl methyl sites for hydroxylation is 2. The maximum atomic E-state index is 12.8. The maximum Gasteiger partial charge on any atom is 0.265 e. The van der Waals surface area contributed by atoms with Gasteiger partial charge in [-0.3, -0.25) is 4.31 Å². The summed E-state index contributed by atoms with van der Waals surface area (Å²) in [5.74, 6) is 0. The van der Waals surface area contributed by atoms with Gasteiger partial charge in [0, 0.05) is 16.0 Å². The molecular formula is C15H15Br2NO2S. The largest absolute Gasteiger partial charge is 0.269 e. The normalized spacial score (nSPS) is 11.5. The summed E-state index contributed by atoms with van der Waals surface area (Å²) in [4.78, 5) is 0.236. The van der Waals surface area contributed by atoms with E-state index in [2.05, 4.69) is 31.9 Å². The van der Waals surface area contributed by atoms with E-state index in [1.807, 2.05) is 32.0 Å². The first-order valence-electron chi connectivity index (χ1n) is 6.24. The zero-order valence-corrected chi connectivity index (χ0v) is 15.9. The molecule has 0 aliphatic rings. The number of hydrogen-bond donors (Lipinski definition) is 0. The summed E-state index contributed by atoms with van der Waals surface area (Å²) in [6, 6.07) is 10.8. The van der Waals surface area contributed by atoms with Gasteiger partial charge in [-0.1, -0.05) is 33.6 Å². The molecule has 0 atom stereocenters. The van der Waals surface area contributed by atoms with Crippen molar-refractivity contribution in [1.82, 2.24) is 0 Å². The molecule has 0 radical (unpaired) electrons. The van der Waals surface area contributed by atoms with Crippen LogP contribution in [0.25, 0.3) is 0 Å². The Labute approximate surface area is 142 Å². The standard InChI is InChI=1S/C15H15Br2NO2S/c1-10-4-7-14(11(2)8-10)18(3)21(19,20)15-9-12(16)5-6-13(15)17/h4-9H,1-3H3. The van der Waals surface area contributed by atoms with Crippen LogP contribution in [-0.4, -0.2) is 15.5 Å². The average Bonchev–Trinajstić information content (AvgIpc) is 2.40. The molecule has 0 heterocycles. The lowest BCUT2D eigenvalue weighted by Crippen LogP contribution is -2.27. The third-order valence-corrected chi connectivity index (χ3v) is 6.48. The minimum absolute atomic E-state index is 0.236. The third-order valence-electron chi connectivity index (χ3n) is 3.22. The predicted octanol–water partition coefficient (Wildman–Crippen LogP) is 4.65. The number of anilines is 1. The van der Waals surface area contributed by atoms with Crippen LogP contribution in [0, 0.1) is 13.8 Å². The first kappa shape index (κ1) is 16.5. The molecule has 0 bridgehead atoms. The van der Waals surface area contributed by atoms with Gasteiger partial charge in [0.15, 0.2) is 0 Å². The van der Waals surface area contributed by atoms with Crippen LogP contribution < -0.4 is 4.31 Å². The van der Waals surface area contributed by atoms with Crippen molar-refractivity contribution in [3.05, 3.63) is 56.5 Å². The van der Waals surface area contributed by atoms with Crippen molar-refractivity contribution in [2.24, 2.45) is 0 Å². The number of benzene rings is 2. The Morgan fingerprint density at radius 3 is 2.29 bits per heavy atom. The van der Waals surface area contributed by atoms with Gasteiger partial charge in [-0.15, -0.1) is 0 Å². The molecule has 2 rings (SSSR count). The van der Waals surface area contributed by atoms with E-state index >= 15 is 0 Å². The molecule has 0 saturated heterocycles. The van der Waals surface area contributed by atoms with Crippen molar-refractivity contribution in [3.63, 3.8) is 0 Å². The predicted molar refractivity (Wildman–Crippen MR) is 93.3 cm³/mol. The summed E-state index contributed by atoms with van der Waals surface area (Å²) in [6.07, 6.45) is 0. The molecule has 0 aliphatic heterocycles. The summed E-state index contributed by atoms with van der Waals surface area (Å²) in [5, 5.41) is 0. The highest BCUT2D eigenvalue weighted by Gasteiger charge is 2.25. The zero-order chi connectivity index (χ0) is 15.8. The molecule has 0 aromatic heterocycles. The van der Waals surface area contributed by atoms with Crippen LogP contribution >= 0.6 is 31.9 Å². The van der Waals surface area contributed by atoms with Crippen molar-refractivity contribution >= 4 is 47.6 Å². The van der Waals surface area contributed by atoms with Crippen molar-refractivity contribution in [2.45, 2.75) is 18.7 Å². The fourth-order valence-corrected chi connectivity index (χ4v) is 4.83. The Morgan fingerprint density at radius 2 is 1.67 bits per heavy atom. The van der Waals surface area contributed by atoms with Crippen molar-refractivity contribution in [3.8, 4) is 0 Å². The van der Waals surface area contributed by atoms with Crippen molar-refractivity contribution < 1.29 is 8.42 Å². The monoisotopic (exact) mass is 431 g/mol. The molecule has 112 valence electrons. The second-order valence-corrected chi connectivity index (χ2v) is 8.54. The molecule has 2 aromatic carbocycles. The number of nitrogens with zero attached hydrogens (tertiary/aromatic N) is 1. The SMILES string of the molecule is Cc1ccc(N(C)S(=O)(=O)c2cc(Br)ccc2Br)c(C)c1. The van der Waals surface area contributed by atoms with Crippen molar-refractivity contribution in [2.75, 3.05) is 11.4 Å². The highest BCUT2D eigenvalue weighted by atomic mass is 79.9. The van der Waals surface area contributed by atoms with Gasteiger partial charge in [0.05, 0.1) is 5.69 Å². The molecule has 6 heteroatoms. The van der Waals surface area contributed by atoms with Gasteiger partial charge >= 0.3 is 0 Å². The van der Waals surface area contributed by atoms with E-state index in [1.54, 1.807) is 25.2 Å². The van der Waals surface area contributed by atoms with E-state index in [1.165, 1.54) is 4.31 Å². The minimum Gasteiger partial charge on any atom is -0.269 e. The van der Waals surface area contributed by atoms with Crippen LogP contribution in [0.1, 0.15) is 11.1 Å². The van der Waals surface area contributed by atoms with Gasteiger partial charge in [0.1, 0.15) is 4.90 Å². The van der Waals surface area contributed by atoms with Crippen LogP contribution in [0.2, 0.25) is 0 Å². The smallest absolute Gasteiger partial charge is 0.265 e. The summed E-state index contributed by atoms with van der Waals surface area (Å²) < 4.78 is 28.2. The lowest BCUT2D eigenvalue weighted by atomic mass is 10.1. The molecule has 21 heavy (non-hydrogen) atoms. The molecule has 2 aromatic rings. The Bertz CT molecular complexity index is 788. The van der Waals surface area contributed by atoms with Crippen LogP contribution in [0.4, 0.5) is 5.69 Å². The Morgan fingerprint density at radius 1 is 1.00 bits per heavy atom. The van der Waals surface area contributed by atoms with E-state index in [9.17, 15) is 8.42 Å².